The minimum atomic E-state index is -0.655. The molecule has 0 unspecified atom stereocenters. The Balaban J connectivity index is 1.74. The fraction of sp³-hybridized carbons (Fsp3) is 0.200. The fourth-order valence-electron chi connectivity index (χ4n) is 2.21. The van der Waals surface area contributed by atoms with Crippen molar-refractivity contribution in [1.29, 1.82) is 0 Å². The molecule has 0 saturated carbocycles. The Morgan fingerprint density at radius 1 is 0.963 bits per heavy atom. The van der Waals surface area contributed by atoms with E-state index < -0.39 is 18.4 Å². The molecule has 0 aromatic heterocycles. The third-order valence-electron chi connectivity index (χ3n) is 3.67. The van der Waals surface area contributed by atoms with Crippen LogP contribution in [0.3, 0.4) is 0 Å². The molecule has 140 valence electrons. The van der Waals surface area contributed by atoms with E-state index in [2.05, 4.69) is 5.32 Å². The number of benzene rings is 2. The highest BCUT2D eigenvalue weighted by atomic mass is 35.5. The highest BCUT2D eigenvalue weighted by Crippen LogP contribution is 2.15. The molecule has 0 aliphatic carbocycles. The molecule has 0 bridgehead atoms. The van der Waals surface area contributed by atoms with Crippen LogP contribution in [0.25, 0.3) is 0 Å². The van der Waals surface area contributed by atoms with Gasteiger partial charge in [0.15, 0.2) is 12.4 Å². The largest absolute Gasteiger partial charge is 0.457 e. The summed E-state index contributed by atoms with van der Waals surface area (Å²) in [7, 11) is 0. The molecule has 0 heterocycles. The number of amides is 1. The van der Waals surface area contributed by atoms with Crippen molar-refractivity contribution in [2.24, 2.45) is 0 Å². The van der Waals surface area contributed by atoms with Gasteiger partial charge in [0, 0.05) is 23.2 Å². The normalized spacial score (nSPS) is 10.1. The molecule has 2 aromatic rings. The van der Waals surface area contributed by atoms with Crippen LogP contribution in [0.4, 0.5) is 5.69 Å². The topological polar surface area (TPSA) is 89.5 Å². The van der Waals surface area contributed by atoms with E-state index in [4.69, 9.17) is 16.3 Å². The molecule has 0 radical (unpaired) electrons. The number of hydrogen-bond acceptors (Lipinski definition) is 5. The molecule has 7 heteroatoms. The summed E-state index contributed by atoms with van der Waals surface area (Å²) in [6, 6.07) is 12.9. The van der Waals surface area contributed by atoms with Gasteiger partial charge in [0.25, 0.3) is 0 Å². The summed E-state index contributed by atoms with van der Waals surface area (Å²) in [4.78, 5) is 46.7. The molecule has 27 heavy (non-hydrogen) atoms. The van der Waals surface area contributed by atoms with E-state index in [0.717, 1.165) is 0 Å². The summed E-state index contributed by atoms with van der Waals surface area (Å²) in [5.41, 5.74) is 1.34. The van der Waals surface area contributed by atoms with Crippen molar-refractivity contribution in [3.8, 4) is 0 Å². The molecule has 0 aliphatic heterocycles. The molecular formula is C20H18ClNO5. The molecule has 0 fully saturated rings. The van der Waals surface area contributed by atoms with Crippen molar-refractivity contribution < 1.29 is 23.9 Å². The Labute approximate surface area is 161 Å². The average Bonchev–Trinajstić information content (AvgIpc) is 2.65. The second-order valence-electron chi connectivity index (χ2n) is 5.75. The number of carbonyl (C=O) groups excluding carboxylic acids is 4. The standard InChI is InChI=1S/C20H18ClNO5/c1-13(23)14-6-8-15(9-7-14)22-19(25)10-11-20(26)27-12-18(24)16-4-2-3-5-17(16)21/h2-9H,10-12H2,1H3,(H,22,25). The van der Waals surface area contributed by atoms with E-state index in [1.165, 1.54) is 6.92 Å². The number of anilines is 1. The number of ketones is 2. The molecule has 0 aliphatic rings. The maximum atomic E-state index is 12.0. The van der Waals surface area contributed by atoms with Crippen molar-refractivity contribution in [2.45, 2.75) is 19.8 Å². The zero-order chi connectivity index (χ0) is 19.8. The Morgan fingerprint density at radius 3 is 2.26 bits per heavy atom. The summed E-state index contributed by atoms with van der Waals surface area (Å²) in [5.74, 6) is -1.51. The van der Waals surface area contributed by atoms with Gasteiger partial charge in [-0.05, 0) is 43.3 Å². The smallest absolute Gasteiger partial charge is 0.306 e. The van der Waals surface area contributed by atoms with Crippen LogP contribution in [0.15, 0.2) is 48.5 Å². The highest BCUT2D eigenvalue weighted by Gasteiger charge is 2.14. The van der Waals surface area contributed by atoms with Gasteiger partial charge in [0.1, 0.15) is 0 Å². The lowest BCUT2D eigenvalue weighted by Crippen LogP contribution is -2.17. The van der Waals surface area contributed by atoms with Gasteiger partial charge in [-0.1, -0.05) is 23.7 Å². The minimum absolute atomic E-state index is 0.0676. The molecular weight excluding hydrogens is 370 g/mol. The van der Waals surface area contributed by atoms with Crippen LogP contribution in [-0.2, 0) is 14.3 Å². The number of hydrogen-bond donors (Lipinski definition) is 1. The van der Waals surface area contributed by atoms with Crippen LogP contribution in [0.5, 0.6) is 0 Å². The highest BCUT2D eigenvalue weighted by molar-refractivity contribution is 6.34. The summed E-state index contributed by atoms with van der Waals surface area (Å²) < 4.78 is 4.89. The Bertz CT molecular complexity index is 861. The van der Waals surface area contributed by atoms with E-state index in [9.17, 15) is 19.2 Å². The van der Waals surface area contributed by atoms with Gasteiger partial charge in [-0.2, -0.15) is 0 Å². The van der Waals surface area contributed by atoms with Crippen molar-refractivity contribution in [3.63, 3.8) is 0 Å². The third kappa shape index (κ3) is 6.34. The zero-order valence-corrected chi connectivity index (χ0v) is 15.4. The molecule has 1 amide bonds. The maximum absolute atomic E-state index is 12.0. The van der Waals surface area contributed by atoms with E-state index >= 15 is 0 Å². The monoisotopic (exact) mass is 387 g/mol. The van der Waals surface area contributed by atoms with Crippen molar-refractivity contribution in [1.82, 2.24) is 0 Å². The summed E-state index contributed by atoms with van der Waals surface area (Å²) in [6.45, 7) is 1.02. The van der Waals surface area contributed by atoms with E-state index in [0.29, 0.717) is 11.3 Å². The van der Waals surface area contributed by atoms with E-state index in [1.54, 1.807) is 48.5 Å². The van der Waals surface area contributed by atoms with E-state index in [-0.39, 0.29) is 35.1 Å². The van der Waals surface area contributed by atoms with Gasteiger partial charge < -0.3 is 10.1 Å². The average molecular weight is 388 g/mol. The van der Waals surface area contributed by atoms with Crippen LogP contribution >= 0.6 is 11.6 Å². The predicted octanol–water partition coefficient (Wildman–Crippen LogP) is 3.69. The van der Waals surface area contributed by atoms with Crippen molar-refractivity contribution >= 4 is 40.7 Å². The van der Waals surface area contributed by atoms with Crippen LogP contribution < -0.4 is 5.32 Å². The van der Waals surface area contributed by atoms with Crippen LogP contribution in [0.2, 0.25) is 5.02 Å². The second-order valence-corrected chi connectivity index (χ2v) is 6.15. The molecule has 0 saturated heterocycles. The van der Waals surface area contributed by atoms with Crippen LogP contribution in [0.1, 0.15) is 40.5 Å². The molecule has 2 rings (SSSR count). The lowest BCUT2D eigenvalue weighted by atomic mass is 10.1. The number of ether oxygens (including phenoxy) is 1. The lowest BCUT2D eigenvalue weighted by Gasteiger charge is -2.07. The van der Waals surface area contributed by atoms with Gasteiger partial charge in [0.05, 0.1) is 11.4 Å². The summed E-state index contributed by atoms with van der Waals surface area (Å²) in [5, 5.41) is 2.91. The Hall–Kier alpha value is -2.99. The van der Waals surface area contributed by atoms with Crippen LogP contribution in [0, 0.1) is 0 Å². The van der Waals surface area contributed by atoms with Crippen LogP contribution in [-0.4, -0.2) is 30.0 Å². The predicted molar refractivity (Wildman–Crippen MR) is 101 cm³/mol. The lowest BCUT2D eigenvalue weighted by molar-refractivity contribution is -0.143. The quantitative estimate of drug-likeness (QED) is 0.551. The van der Waals surface area contributed by atoms with Gasteiger partial charge in [-0.25, -0.2) is 0 Å². The third-order valence-corrected chi connectivity index (χ3v) is 4.00. The van der Waals surface area contributed by atoms with Gasteiger partial charge in [0.2, 0.25) is 11.7 Å². The zero-order valence-electron chi connectivity index (χ0n) is 14.7. The Kier molecular flexibility index (Phi) is 7.25. The second kappa shape index (κ2) is 9.64. The molecule has 6 nitrogen and oxygen atoms in total. The first-order chi connectivity index (χ1) is 12.9. The maximum Gasteiger partial charge on any atom is 0.306 e. The first kappa shape index (κ1) is 20.3. The number of rotatable bonds is 8. The Morgan fingerprint density at radius 2 is 1.63 bits per heavy atom. The van der Waals surface area contributed by atoms with Gasteiger partial charge >= 0.3 is 5.97 Å². The number of Topliss-reactive ketones (excluding diaryl/α,β-unsaturated/α-hetero) is 2. The summed E-state index contributed by atoms with van der Waals surface area (Å²) >= 11 is 5.91. The summed E-state index contributed by atoms with van der Waals surface area (Å²) in [6.07, 6.45) is -0.249. The first-order valence-corrected chi connectivity index (χ1v) is 8.59. The minimum Gasteiger partial charge on any atom is -0.457 e. The van der Waals surface area contributed by atoms with Gasteiger partial charge in [-0.15, -0.1) is 0 Å². The van der Waals surface area contributed by atoms with Crippen molar-refractivity contribution in [2.75, 3.05) is 11.9 Å². The first-order valence-electron chi connectivity index (χ1n) is 8.21. The van der Waals surface area contributed by atoms with E-state index in [1.807, 2.05) is 0 Å². The number of esters is 1. The SMILES string of the molecule is CC(=O)c1ccc(NC(=O)CCC(=O)OCC(=O)c2ccccc2Cl)cc1. The molecule has 1 N–H and O–H groups in total. The number of nitrogens with one attached hydrogen (secondary N) is 1. The molecule has 0 atom stereocenters. The fourth-order valence-corrected chi connectivity index (χ4v) is 2.45. The number of carbonyl (C=O) groups is 4. The van der Waals surface area contributed by atoms with Gasteiger partial charge in [-0.3, -0.25) is 19.2 Å². The molecule has 0 spiro atoms. The van der Waals surface area contributed by atoms with Crippen molar-refractivity contribution in [3.05, 3.63) is 64.7 Å². The molecule has 2 aromatic carbocycles. The number of halogens is 1.